The Morgan fingerprint density at radius 2 is 2.29 bits per heavy atom. The first-order valence-electron chi connectivity index (χ1n) is 4.86. The number of rotatable bonds is 6. The van der Waals surface area contributed by atoms with Crippen LogP contribution in [0.3, 0.4) is 0 Å². The van der Waals surface area contributed by atoms with Gasteiger partial charge in [0, 0.05) is 0 Å². The van der Waals surface area contributed by atoms with E-state index in [2.05, 4.69) is 31.0 Å². The highest BCUT2D eigenvalue weighted by atomic mass is 79.9. The van der Waals surface area contributed by atoms with E-state index in [1.807, 2.05) is 0 Å². The second kappa shape index (κ2) is 7.29. The first-order chi connectivity index (χ1) is 8.08. The minimum absolute atomic E-state index is 0.0148. The van der Waals surface area contributed by atoms with Crippen molar-refractivity contribution in [3.8, 4) is 0 Å². The summed E-state index contributed by atoms with van der Waals surface area (Å²) in [5.41, 5.74) is 0. The smallest absolute Gasteiger partial charge is 0.261 e. The SMILES string of the molecule is O=C(CCOCC(F)F)Nc1cccc(Br)n1. The van der Waals surface area contributed by atoms with Crippen LogP contribution in [0.5, 0.6) is 0 Å². The fourth-order valence-corrected chi connectivity index (χ4v) is 1.36. The molecular formula is C10H11BrF2N2O2. The van der Waals surface area contributed by atoms with Crippen molar-refractivity contribution in [2.24, 2.45) is 0 Å². The van der Waals surface area contributed by atoms with E-state index < -0.39 is 13.0 Å². The molecule has 0 aliphatic rings. The molecule has 0 aliphatic heterocycles. The Morgan fingerprint density at radius 3 is 2.94 bits per heavy atom. The van der Waals surface area contributed by atoms with Gasteiger partial charge in [0.25, 0.3) is 6.43 Å². The van der Waals surface area contributed by atoms with Gasteiger partial charge in [0.05, 0.1) is 13.0 Å². The number of nitrogens with one attached hydrogen (secondary N) is 1. The van der Waals surface area contributed by atoms with Gasteiger partial charge in [0.1, 0.15) is 17.0 Å². The predicted octanol–water partition coefficient (Wildman–Crippen LogP) is 2.45. The van der Waals surface area contributed by atoms with Crippen LogP contribution in [0.25, 0.3) is 0 Å². The summed E-state index contributed by atoms with van der Waals surface area (Å²) in [5.74, 6) is 0.0723. The first kappa shape index (κ1) is 14.0. The van der Waals surface area contributed by atoms with Gasteiger partial charge in [-0.25, -0.2) is 13.8 Å². The Hall–Kier alpha value is -1.08. The molecule has 0 saturated carbocycles. The summed E-state index contributed by atoms with van der Waals surface area (Å²) < 4.78 is 28.6. The zero-order chi connectivity index (χ0) is 12.7. The molecule has 7 heteroatoms. The minimum Gasteiger partial charge on any atom is -0.375 e. The molecule has 0 saturated heterocycles. The molecule has 0 aromatic carbocycles. The van der Waals surface area contributed by atoms with E-state index in [0.29, 0.717) is 10.4 Å². The van der Waals surface area contributed by atoms with Gasteiger partial charge in [-0.1, -0.05) is 6.07 Å². The van der Waals surface area contributed by atoms with Crippen LogP contribution in [0.15, 0.2) is 22.8 Å². The number of aromatic nitrogens is 1. The van der Waals surface area contributed by atoms with Gasteiger partial charge in [0.2, 0.25) is 5.91 Å². The number of anilines is 1. The van der Waals surface area contributed by atoms with Gasteiger partial charge < -0.3 is 10.1 Å². The summed E-state index contributed by atoms with van der Waals surface area (Å²) in [4.78, 5) is 15.3. The lowest BCUT2D eigenvalue weighted by Gasteiger charge is -2.05. The van der Waals surface area contributed by atoms with Crippen molar-refractivity contribution >= 4 is 27.7 Å². The fourth-order valence-electron chi connectivity index (χ4n) is 1.02. The normalized spacial score (nSPS) is 10.6. The molecule has 1 amide bonds. The lowest BCUT2D eigenvalue weighted by Crippen LogP contribution is -2.16. The van der Waals surface area contributed by atoms with Crippen LogP contribution in [-0.4, -0.2) is 30.5 Å². The summed E-state index contributed by atoms with van der Waals surface area (Å²) in [6.45, 7) is -0.688. The molecule has 94 valence electrons. The number of carbonyl (C=O) groups is 1. The molecule has 0 aliphatic carbocycles. The number of alkyl halides is 2. The highest BCUT2D eigenvalue weighted by Gasteiger charge is 2.05. The van der Waals surface area contributed by atoms with E-state index in [-0.39, 0.29) is 18.9 Å². The summed E-state index contributed by atoms with van der Waals surface area (Å²) in [6, 6.07) is 5.07. The average molecular weight is 309 g/mol. The van der Waals surface area contributed by atoms with Crippen molar-refractivity contribution in [1.29, 1.82) is 0 Å². The third kappa shape index (κ3) is 6.28. The number of pyridine rings is 1. The van der Waals surface area contributed by atoms with Gasteiger partial charge in [-0.3, -0.25) is 4.79 Å². The molecule has 0 atom stereocenters. The standard InChI is InChI=1S/C10H11BrF2N2O2/c11-7-2-1-3-9(14-7)15-10(16)4-5-17-6-8(12)13/h1-3,8H,4-6H2,(H,14,15,16). The zero-order valence-corrected chi connectivity index (χ0v) is 10.4. The molecule has 0 spiro atoms. The first-order valence-corrected chi connectivity index (χ1v) is 5.65. The van der Waals surface area contributed by atoms with E-state index in [1.165, 1.54) is 0 Å². The van der Waals surface area contributed by atoms with Crippen LogP contribution in [0.2, 0.25) is 0 Å². The molecule has 0 unspecified atom stereocenters. The molecule has 4 nitrogen and oxygen atoms in total. The number of carbonyl (C=O) groups excluding carboxylic acids is 1. The molecule has 1 aromatic rings. The van der Waals surface area contributed by atoms with Crippen molar-refractivity contribution in [1.82, 2.24) is 4.98 Å². The van der Waals surface area contributed by atoms with Gasteiger partial charge in [-0.2, -0.15) is 0 Å². The van der Waals surface area contributed by atoms with E-state index in [9.17, 15) is 13.6 Å². The summed E-state index contributed by atoms with van der Waals surface area (Å²) in [6.07, 6.45) is -2.49. The lowest BCUT2D eigenvalue weighted by molar-refractivity contribution is -0.117. The van der Waals surface area contributed by atoms with Gasteiger partial charge in [-0.05, 0) is 28.1 Å². The molecule has 0 fully saturated rings. The molecule has 1 rings (SSSR count). The lowest BCUT2D eigenvalue weighted by atomic mass is 10.4. The quantitative estimate of drug-likeness (QED) is 0.649. The van der Waals surface area contributed by atoms with Gasteiger partial charge >= 0.3 is 0 Å². The molecular weight excluding hydrogens is 298 g/mol. The average Bonchev–Trinajstić information content (AvgIpc) is 2.24. The summed E-state index contributed by atoms with van der Waals surface area (Å²) in [7, 11) is 0. The van der Waals surface area contributed by atoms with Gasteiger partial charge in [0.15, 0.2) is 0 Å². The van der Waals surface area contributed by atoms with Crippen LogP contribution in [0, 0.1) is 0 Å². The largest absolute Gasteiger partial charge is 0.375 e. The number of hydrogen-bond acceptors (Lipinski definition) is 3. The summed E-state index contributed by atoms with van der Waals surface area (Å²) >= 11 is 3.16. The maximum atomic E-state index is 11.7. The van der Waals surface area contributed by atoms with Crippen molar-refractivity contribution in [2.45, 2.75) is 12.8 Å². The number of ether oxygens (including phenoxy) is 1. The Kier molecular flexibility index (Phi) is 5.99. The van der Waals surface area contributed by atoms with Crippen LogP contribution >= 0.6 is 15.9 Å². The topological polar surface area (TPSA) is 51.2 Å². The van der Waals surface area contributed by atoms with E-state index in [0.717, 1.165) is 0 Å². The Balaban J connectivity index is 2.25. The molecule has 0 radical (unpaired) electrons. The zero-order valence-electron chi connectivity index (χ0n) is 8.83. The summed E-state index contributed by atoms with van der Waals surface area (Å²) in [5, 5.41) is 2.52. The fraction of sp³-hybridized carbons (Fsp3) is 0.400. The number of nitrogens with zero attached hydrogens (tertiary/aromatic N) is 1. The number of halogens is 3. The highest BCUT2D eigenvalue weighted by Crippen LogP contribution is 2.10. The number of hydrogen-bond donors (Lipinski definition) is 1. The van der Waals surface area contributed by atoms with Crippen molar-refractivity contribution in [2.75, 3.05) is 18.5 Å². The molecule has 17 heavy (non-hydrogen) atoms. The Bertz CT molecular complexity index is 377. The second-order valence-corrected chi connectivity index (χ2v) is 3.92. The minimum atomic E-state index is -2.51. The monoisotopic (exact) mass is 308 g/mol. The van der Waals surface area contributed by atoms with Crippen LogP contribution in [0.1, 0.15) is 6.42 Å². The van der Waals surface area contributed by atoms with E-state index in [4.69, 9.17) is 0 Å². The van der Waals surface area contributed by atoms with E-state index >= 15 is 0 Å². The highest BCUT2D eigenvalue weighted by molar-refractivity contribution is 9.10. The molecule has 1 heterocycles. The Morgan fingerprint density at radius 1 is 1.53 bits per heavy atom. The van der Waals surface area contributed by atoms with Crippen molar-refractivity contribution in [3.63, 3.8) is 0 Å². The van der Waals surface area contributed by atoms with Crippen LogP contribution in [0.4, 0.5) is 14.6 Å². The van der Waals surface area contributed by atoms with Gasteiger partial charge in [-0.15, -0.1) is 0 Å². The molecule has 1 aromatic heterocycles. The Labute approximate surface area is 105 Å². The maximum absolute atomic E-state index is 11.7. The van der Waals surface area contributed by atoms with Crippen LogP contribution in [-0.2, 0) is 9.53 Å². The van der Waals surface area contributed by atoms with Crippen molar-refractivity contribution in [3.05, 3.63) is 22.8 Å². The molecule has 0 bridgehead atoms. The third-order valence-electron chi connectivity index (χ3n) is 1.70. The third-order valence-corrected chi connectivity index (χ3v) is 2.14. The molecule has 1 N–H and O–H groups in total. The maximum Gasteiger partial charge on any atom is 0.261 e. The second-order valence-electron chi connectivity index (χ2n) is 3.11. The van der Waals surface area contributed by atoms with E-state index in [1.54, 1.807) is 18.2 Å². The predicted molar refractivity (Wildman–Crippen MR) is 62.0 cm³/mol. The number of amides is 1. The van der Waals surface area contributed by atoms with Crippen LogP contribution < -0.4 is 5.32 Å². The van der Waals surface area contributed by atoms with Crippen molar-refractivity contribution < 1.29 is 18.3 Å².